The van der Waals surface area contributed by atoms with Gasteiger partial charge in [0.25, 0.3) is 0 Å². The molecule has 0 amide bonds. The molecule has 0 aliphatic carbocycles. The molecule has 3 unspecified atom stereocenters. The number of rotatable bonds is 3. The van der Waals surface area contributed by atoms with Gasteiger partial charge < -0.3 is 10.2 Å². The van der Waals surface area contributed by atoms with E-state index in [1.54, 1.807) is 0 Å². The van der Waals surface area contributed by atoms with Crippen LogP contribution in [-0.2, 0) is 0 Å². The zero-order valence-electron chi connectivity index (χ0n) is 10.6. The normalized spacial score (nSPS) is 33.6. The molecule has 2 heterocycles. The second kappa shape index (κ2) is 4.79. The van der Waals surface area contributed by atoms with E-state index in [-0.39, 0.29) is 0 Å². The largest absolute Gasteiger partial charge is 0.307 e. The maximum absolute atomic E-state index is 3.84. The molecule has 0 radical (unpaired) electrons. The Balaban J connectivity index is 1.63. The molecule has 4 atom stereocenters. The number of benzene rings is 1. The number of piperidine rings is 1. The average molecular weight is 230 g/mol. The molecular formula is C15H22N2. The highest BCUT2D eigenvalue weighted by Crippen LogP contribution is 2.28. The van der Waals surface area contributed by atoms with Crippen LogP contribution in [0, 0.1) is 5.92 Å². The average Bonchev–Trinajstić information content (AvgIpc) is 2.77. The molecule has 2 aliphatic rings. The minimum atomic E-state index is 0.480. The summed E-state index contributed by atoms with van der Waals surface area (Å²) < 4.78 is 0. The van der Waals surface area contributed by atoms with Crippen LogP contribution in [0.15, 0.2) is 30.3 Å². The van der Waals surface area contributed by atoms with Gasteiger partial charge in [0.05, 0.1) is 0 Å². The van der Waals surface area contributed by atoms with Gasteiger partial charge in [0, 0.05) is 18.6 Å². The molecule has 2 fully saturated rings. The molecule has 17 heavy (non-hydrogen) atoms. The topological polar surface area (TPSA) is 15.3 Å². The lowest BCUT2D eigenvalue weighted by atomic mass is 9.93. The first-order valence-corrected chi connectivity index (χ1v) is 6.86. The van der Waals surface area contributed by atoms with Crippen LogP contribution in [0.25, 0.3) is 0 Å². The third kappa shape index (κ3) is 2.38. The molecule has 2 aliphatic heterocycles. The Hall–Kier alpha value is -0.860. The molecule has 1 aromatic carbocycles. The molecular weight excluding hydrogens is 208 g/mol. The maximum Gasteiger partial charge on any atom is 0.0294 e. The zero-order valence-corrected chi connectivity index (χ0v) is 10.6. The first-order valence-electron chi connectivity index (χ1n) is 6.86. The van der Waals surface area contributed by atoms with Crippen molar-refractivity contribution in [2.24, 2.45) is 5.92 Å². The molecule has 2 bridgehead atoms. The van der Waals surface area contributed by atoms with Gasteiger partial charge >= 0.3 is 0 Å². The summed E-state index contributed by atoms with van der Waals surface area (Å²) in [6.45, 7) is 6.22. The van der Waals surface area contributed by atoms with Crippen molar-refractivity contribution in [3.05, 3.63) is 35.9 Å². The molecule has 3 rings (SSSR count). The summed E-state index contributed by atoms with van der Waals surface area (Å²) in [6.07, 6.45) is 2.71. The Labute approximate surface area is 104 Å². The smallest absolute Gasteiger partial charge is 0.0294 e. The quantitative estimate of drug-likeness (QED) is 0.858. The second-order valence-corrected chi connectivity index (χ2v) is 5.54. The molecule has 92 valence electrons. The fourth-order valence-electron chi connectivity index (χ4n) is 3.33. The highest BCUT2D eigenvalue weighted by molar-refractivity contribution is 5.18. The van der Waals surface area contributed by atoms with E-state index in [2.05, 4.69) is 47.5 Å². The van der Waals surface area contributed by atoms with Crippen LogP contribution in [0.3, 0.4) is 0 Å². The third-order valence-corrected chi connectivity index (χ3v) is 4.40. The van der Waals surface area contributed by atoms with Gasteiger partial charge in [0.15, 0.2) is 0 Å². The standard InChI is InChI=1S/C15H22N2/c1-12(13-5-3-2-4-6-13)16-15-8-10-17-9-7-14(15)11-17/h2-6,12,14-16H,7-11H2,1H3/t12-,14?,15?/m0/s1. The first-order chi connectivity index (χ1) is 8.33. The number of hydrogen-bond acceptors (Lipinski definition) is 2. The maximum atomic E-state index is 3.84. The first kappa shape index (κ1) is 11.2. The number of hydrogen-bond donors (Lipinski definition) is 1. The van der Waals surface area contributed by atoms with Crippen LogP contribution in [0.1, 0.15) is 31.4 Å². The van der Waals surface area contributed by atoms with Gasteiger partial charge in [-0.3, -0.25) is 0 Å². The number of nitrogens with one attached hydrogen (secondary N) is 1. The Morgan fingerprint density at radius 1 is 1.18 bits per heavy atom. The molecule has 0 aromatic heterocycles. The van der Waals surface area contributed by atoms with Crippen molar-refractivity contribution in [3.8, 4) is 0 Å². The minimum absolute atomic E-state index is 0.480. The van der Waals surface area contributed by atoms with Crippen LogP contribution in [-0.4, -0.2) is 30.6 Å². The predicted octanol–water partition coefficient (Wildman–Crippen LogP) is 2.43. The van der Waals surface area contributed by atoms with Crippen molar-refractivity contribution in [3.63, 3.8) is 0 Å². The summed E-state index contributed by atoms with van der Waals surface area (Å²) in [6, 6.07) is 12.0. The Morgan fingerprint density at radius 3 is 2.76 bits per heavy atom. The second-order valence-electron chi connectivity index (χ2n) is 5.54. The van der Waals surface area contributed by atoms with E-state index in [1.165, 1.54) is 38.0 Å². The zero-order chi connectivity index (χ0) is 11.7. The van der Waals surface area contributed by atoms with E-state index >= 15 is 0 Å². The summed E-state index contributed by atoms with van der Waals surface area (Å²) in [5.74, 6) is 0.884. The van der Waals surface area contributed by atoms with Gasteiger partial charge in [-0.2, -0.15) is 0 Å². The van der Waals surface area contributed by atoms with E-state index in [0.29, 0.717) is 6.04 Å². The van der Waals surface area contributed by atoms with E-state index < -0.39 is 0 Å². The van der Waals surface area contributed by atoms with Gasteiger partial charge in [-0.15, -0.1) is 0 Å². The van der Waals surface area contributed by atoms with Gasteiger partial charge in [-0.25, -0.2) is 0 Å². The van der Waals surface area contributed by atoms with E-state index in [1.807, 2.05) is 0 Å². The number of fused-ring (bicyclic) bond motifs is 2. The van der Waals surface area contributed by atoms with E-state index in [9.17, 15) is 0 Å². The lowest BCUT2D eigenvalue weighted by Crippen LogP contribution is -2.44. The fourth-order valence-corrected chi connectivity index (χ4v) is 3.33. The highest BCUT2D eigenvalue weighted by atomic mass is 15.2. The fraction of sp³-hybridized carbons (Fsp3) is 0.600. The van der Waals surface area contributed by atoms with Crippen LogP contribution in [0.2, 0.25) is 0 Å². The van der Waals surface area contributed by atoms with Crippen LogP contribution in [0.4, 0.5) is 0 Å². The number of nitrogens with zero attached hydrogens (tertiary/aromatic N) is 1. The van der Waals surface area contributed by atoms with Crippen molar-refractivity contribution in [1.29, 1.82) is 0 Å². The molecule has 1 N–H and O–H groups in total. The molecule has 1 aromatic rings. The Kier molecular flexibility index (Phi) is 3.17. The lowest BCUT2D eigenvalue weighted by molar-refractivity contribution is 0.212. The monoisotopic (exact) mass is 230 g/mol. The van der Waals surface area contributed by atoms with Crippen molar-refractivity contribution in [2.75, 3.05) is 19.6 Å². The minimum Gasteiger partial charge on any atom is -0.307 e. The highest BCUT2D eigenvalue weighted by Gasteiger charge is 2.34. The summed E-state index contributed by atoms with van der Waals surface area (Å²) >= 11 is 0. The van der Waals surface area contributed by atoms with Gasteiger partial charge in [-0.1, -0.05) is 30.3 Å². The van der Waals surface area contributed by atoms with Crippen LogP contribution in [0.5, 0.6) is 0 Å². The van der Waals surface area contributed by atoms with E-state index in [0.717, 1.165) is 12.0 Å². The third-order valence-electron chi connectivity index (χ3n) is 4.40. The van der Waals surface area contributed by atoms with E-state index in [4.69, 9.17) is 0 Å². The van der Waals surface area contributed by atoms with Crippen molar-refractivity contribution in [1.82, 2.24) is 10.2 Å². The Morgan fingerprint density at radius 2 is 1.94 bits per heavy atom. The summed E-state index contributed by atoms with van der Waals surface area (Å²) in [7, 11) is 0. The molecule has 2 nitrogen and oxygen atoms in total. The van der Waals surface area contributed by atoms with Gasteiger partial charge in [0.1, 0.15) is 0 Å². The van der Waals surface area contributed by atoms with Crippen LogP contribution >= 0.6 is 0 Å². The summed E-state index contributed by atoms with van der Waals surface area (Å²) in [5, 5.41) is 3.84. The van der Waals surface area contributed by atoms with Gasteiger partial charge in [-0.05, 0) is 44.3 Å². The summed E-state index contributed by atoms with van der Waals surface area (Å²) in [5.41, 5.74) is 1.41. The van der Waals surface area contributed by atoms with Crippen molar-refractivity contribution < 1.29 is 0 Å². The molecule has 0 spiro atoms. The van der Waals surface area contributed by atoms with Crippen LogP contribution < -0.4 is 5.32 Å². The van der Waals surface area contributed by atoms with Crippen molar-refractivity contribution >= 4 is 0 Å². The molecule has 2 heteroatoms. The van der Waals surface area contributed by atoms with Crippen molar-refractivity contribution in [2.45, 2.75) is 31.8 Å². The SMILES string of the molecule is C[C@H](NC1CCN2CCC1C2)c1ccccc1. The molecule has 0 saturated carbocycles. The summed E-state index contributed by atoms with van der Waals surface area (Å²) in [4.78, 5) is 2.61. The Bertz CT molecular complexity index is 362. The predicted molar refractivity (Wildman–Crippen MR) is 70.9 cm³/mol. The lowest BCUT2D eigenvalue weighted by Gasteiger charge is -2.33. The van der Waals surface area contributed by atoms with Gasteiger partial charge in [0.2, 0.25) is 0 Å². The molecule has 2 saturated heterocycles.